The minimum absolute atomic E-state index is 0.0561. The molecule has 0 spiro atoms. The van der Waals surface area contributed by atoms with Crippen LogP contribution >= 0.6 is 0 Å². The lowest BCUT2D eigenvalue weighted by Gasteiger charge is -2.16. The first kappa shape index (κ1) is 16.5. The third kappa shape index (κ3) is 3.94. The van der Waals surface area contributed by atoms with Crippen molar-refractivity contribution in [3.63, 3.8) is 0 Å². The maximum Gasteiger partial charge on any atom is 0.254 e. The van der Waals surface area contributed by atoms with Crippen LogP contribution in [0.2, 0.25) is 0 Å². The molecule has 2 aromatic rings. The molecule has 130 valence electrons. The number of hydrogen-bond acceptors (Lipinski definition) is 7. The van der Waals surface area contributed by atoms with Crippen molar-refractivity contribution in [3.8, 4) is 5.75 Å². The highest BCUT2D eigenvalue weighted by molar-refractivity contribution is 5.98. The third-order valence-corrected chi connectivity index (χ3v) is 3.85. The van der Waals surface area contributed by atoms with Crippen molar-refractivity contribution in [2.45, 2.75) is 18.9 Å². The molecular formula is C16H18N6O3. The average molecular weight is 342 g/mol. The molecule has 0 aliphatic heterocycles. The number of phenols is 1. The number of primary amides is 2. The molecule has 25 heavy (non-hydrogen) atoms. The van der Waals surface area contributed by atoms with Gasteiger partial charge in [-0.15, -0.1) is 0 Å². The van der Waals surface area contributed by atoms with Gasteiger partial charge in [0.25, 0.3) is 5.91 Å². The van der Waals surface area contributed by atoms with Crippen LogP contribution in [-0.4, -0.2) is 32.9 Å². The Kier molecular flexibility index (Phi) is 4.38. The fourth-order valence-electron chi connectivity index (χ4n) is 2.44. The van der Waals surface area contributed by atoms with Crippen molar-refractivity contribution in [3.05, 3.63) is 36.0 Å². The normalized spacial score (nSPS) is 14.6. The summed E-state index contributed by atoms with van der Waals surface area (Å²) in [5.74, 6) is -0.645. The van der Waals surface area contributed by atoms with Crippen molar-refractivity contribution in [2.75, 3.05) is 10.6 Å². The van der Waals surface area contributed by atoms with Gasteiger partial charge in [0.05, 0.1) is 0 Å². The van der Waals surface area contributed by atoms with E-state index in [9.17, 15) is 14.7 Å². The minimum Gasteiger partial charge on any atom is -0.508 e. The lowest BCUT2D eigenvalue weighted by atomic mass is 10.2. The van der Waals surface area contributed by atoms with Gasteiger partial charge in [0, 0.05) is 18.0 Å². The summed E-state index contributed by atoms with van der Waals surface area (Å²) < 4.78 is 0. The van der Waals surface area contributed by atoms with E-state index in [1.807, 2.05) is 0 Å². The summed E-state index contributed by atoms with van der Waals surface area (Å²) in [4.78, 5) is 31.4. The molecule has 3 rings (SSSR count). The first-order valence-corrected chi connectivity index (χ1v) is 7.73. The predicted molar refractivity (Wildman–Crippen MR) is 91.3 cm³/mol. The summed E-state index contributed by atoms with van der Waals surface area (Å²) in [6.45, 7) is 0. The summed E-state index contributed by atoms with van der Waals surface area (Å²) in [6.07, 6.45) is 3.09. The van der Waals surface area contributed by atoms with E-state index >= 15 is 0 Å². The quantitative estimate of drug-likeness (QED) is 0.495. The molecule has 0 unspecified atom stereocenters. The number of nitrogens with two attached hydrogens (primary N) is 2. The maximum absolute atomic E-state index is 11.6. The van der Waals surface area contributed by atoms with Gasteiger partial charge in [0.1, 0.15) is 23.2 Å². The van der Waals surface area contributed by atoms with Crippen molar-refractivity contribution in [2.24, 2.45) is 17.4 Å². The smallest absolute Gasteiger partial charge is 0.254 e. The van der Waals surface area contributed by atoms with Crippen molar-refractivity contribution < 1.29 is 14.7 Å². The van der Waals surface area contributed by atoms with E-state index in [2.05, 4.69) is 20.6 Å². The lowest BCUT2D eigenvalue weighted by Crippen LogP contribution is -2.37. The van der Waals surface area contributed by atoms with Gasteiger partial charge in [0.2, 0.25) is 11.9 Å². The standard InChI is InChI=1S/C16H18N6O3/c17-13(24)11-7-19-16(21-12(14(18)25)8-4-5-8)22-15(11)20-9-2-1-3-10(23)6-9/h1-3,6-8,12,23H,4-5H2,(H2,17,24)(H2,18,25)(H2,19,20,21,22)/t12-/m1/s1. The van der Waals surface area contributed by atoms with E-state index < -0.39 is 17.9 Å². The number of amides is 2. The van der Waals surface area contributed by atoms with Crippen LogP contribution < -0.4 is 22.1 Å². The van der Waals surface area contributed by atoms with Gasteiger partial charge >= 0.3 is 0 Å². The van der Waals surface area contributed by atoms with Gasteiger partial charge in [-0.3, -0.25) is 9.59 Å². The highest BCUT2D eigenvalue weighted by Gasteiger charge is 2.35. The Hall–Kier alpha value is -3.36. The summed E-state index contributed by atoms with van der Waals surface area (Å²) in [7, 11) is 0. The molecular weight excluding hydrogens is 324 g/mol. The molecule has 0 saturated heterocycles. The summed E-state index contributed by atoms with van der Waals surface area (Å²) in [6, 6.07) is 5.75. The van der Waals surface area contributed by atoms with Crippen LogP contribution in [0.1, 0.15) is 23.2 Å². The van der Waals surface area contributed by atoms with Crippen LogP contribution in [-0.2, 0) is 4.79 Å². The fourth-order valence-corrected chi connectivity index (χ4v) is 2.44. The molecule has 0 radical (unpaired) electrons. The van der Waals surface area contributed by atoms with E-state index in [-0.39, 0.29) is 29.0 Å². The molecule has 1 aliphatic carbocycles. The van der Waals surface area contributed by atoms with E-state index in [1.54, 1.807) is 12.1 Å². The van der Waals surface area contributed by atoms with Crippen molar-refractivity contribution in [1.29, 1.82) is 0 Å². The Morgan fingerprint density at radius 3 is 2.64 bits per heavy atom. The Morgan fingerprint density at radius 2 is 2.04 bits per heavy atom. The summed E-state index contributed by atoms with van der Waals surface area (Å²) in [5.41, 5.74) is 11.4. The second-order valence-electron chi connectivity index (χ2n) is 5.86. The number of carbonyl (C=O) groups excluding carboxylic acids is 2. The Morgan fingerprint density at radius 1 is 1.28 bits per heavy atom. The third-order valence-electron chi connectivity index (χ3n) is 3.85. The second kappa shape index (κ2) is 6.63. The van der Waals surface area contributed by atoms with Crippen LogP contribution in [0.3, 0.4) is 0 Å². The largest absolute Gasteiger partial charge is 0.508 e. The Balaban J connectivity index is 1.89. The number of aromatic nitrogens is 2. The monoisotopic (exact) mass is 342 g/mol. The van der Waals surface area contributed by atoms with E-state index in [1.165, 1.54) is 18.3 Å². The molecule has 1 heterocycles. The molecule has 1 aliphatic rings. The highest BCUT2D eigenvalue weighted by atomic mass is 16.3. The number of anilines is 3. The Labute approximate surface area is 143 Å². The predicted octanol–water partition coefficient (Wildman–Crippen LogP) is 0.700. The first-order chi connectivity index (χ1) is 11.9. The molecule has 9 nitrogen and oxygen atoms in total. The molecule has 1 aromatic heterocycles. The molecule has 1 aromatic carbocycles. The number of carbonyl (C=O) groups is 2. The van der Waals surface area contributed by atoms with Crippen LogP contribution in [0.15, 0.2) is 30.5 Å². The van der Waals surface area contributed by atoms with Gasteiger partial charge in [0.15, 0.2) is 0 Å². The molecule has 9 heteroatoms. The highest BCUT2D eigenvalue weighted by Crippen LogP contribution is 2.34. The topological polar surface area (TPSA) is 156 Å². The van der Waals surface area contributed by atoms with Crippen molar-refractivity contribution in [1.82, 2.24) is 9.97 Å². The van der Waals surface area contributed by atoms with Gasteiger partial charge in [-0.05, 0) is 30.9 Å². The van der Waals surface area contributed by atoms with E-state index in [4.69, 9.17) is 11.5 Å². The molecule has 1 atom stereocenters. The van der Waals surface area contributed by atoms with Gasteiger partial charge in [-0.2, -0.15) is 4.98 Å². The number of nitrogens with zero attached hydrogens (tertiary/aromatic N) is 2. The van der Waals surface area contributed by atoms with Crippen LogP contribution in [0.4, 0.5) is 17.5 Å². The Bertz CT molecular complexity index is 821. The van der Waals surface area contributed by atoms with Gasteiger partial charge in [-0.25, -0.2) is 4.98 Å². The minimum atomic E-state index is -0.706. The molecule has 2 amide bonds. The molecule has 7 N–H and O–H groups in total. The number of phenolic OH excluding ortho intramolecular Hbond substituents is 1. The number of benzene rings is 1. The number of hydrogen-bond donors (Lipinski definition) is 5. The van der Waals surface area contributed by atoms with Gasteiger partial charge < -0.3 is 27.2 Å². The summed E-state index contributed by atoms with van der Waals surface area (Å²) >= 11 is 0. The maximum atomic E-state index is 11.6. The van der Waals surface area contributed by atoms with Crippen LogP contribution in [0.25, 0.3) is 0 Å². The van der Waals surface area contributed by atoms with Crippen LogP contribution in [0.5, 0.6) is 5.75 Å². The van der Waals surface area contributed by atoms with Crippen molar-refractivity contribution >= 4 is 29.3 Å². The number of nitrogens with one attached hydrogen (secondary N) is 2. The van der Waals surface area contributed by atoms with E-state index in [0.29, 0.717) is 5.69 Å². The fraction of sp³-hybridized carbons (Fsp3) is 0.250. The zero-order valence-corrected chi connectivity index (χ0v) is 13.3. The van der Waals surface area contributed by atoms with Crippen LogP contribution in [0, 0.1) is 5.92 Å². The molecule has 1 saturated carbocycles. The van der Waals surface area contributed by atoms with E-state index in [0.717, 1.165) is 12.8 Å². The summed E-state index contributed by atoms with van der Waals surface area (Å²) in [5, 5.41) is 15.4. The molecule has 0 bridgehead atoms. The average Bonchev–Trinajstić information content (AvgIpc) is 3.37. The first-order valence-electron chi connectivity index (χ1n) is 7.73. The zero-order chi connectivity index (χ0) is 18.0. The lowest BCUT2D eigenvalue weighted by molar-refractivity contribution is -0.119. The number of aromatic hydroxyl groups is 1. The zero-order valence-electron chi connectivity index (χ0n) is 13.3. The molecule has 1 fully saturated rings. The number of rotatable bonds is 7. The SMILES string of the molecule is NC(=O)c1cnc(N[C@@H](C(N)=O)C2CC2)nc1Nc1cccc(O)c1. The van der Waals surface area contributed by atoms with Gasteiger partial charge in [-0.1, -0.05) is 6.07 Å². The second-order valence-corrected chi connectivity index (χ2v) is 5.86.